The molecule has 2 saturated heterocycles. The molecule has 1 aromatic rings. The molecule has 2 fully saturated rings. The van der Waals surface area contributed by atoms with Crippen LogP contribution < -0.4 is 15.1 Å². The molecule has 33 heavy (non-hydrogen) atoms. The van der Waals surface area contributed by atoms with E-state index in [1.165, 1.54) is 6.92 Å². The van der Waals surface area contributed by atoms with E-state index in [1.807, 2.05) is 13.0 Å². The molecule has 0 spiro atoms. The number of benzene rings is 1. The van der Waals surface area contributed by atoms with E-state index in [9.17, 15) is 9.59 Å². The molecule has 2 amide bonds. The molecule has 0 aromatic heterocycles. The minimum Gasteiger partial charge on any atom is -0.494 e. The van der Waals surface area contributed by atoms with Crippen molar-refractivity contribution in [3.8, 4) is 0 Å². The van der Waals surface area contributed by atoms with Crippen LogP contribution in [-0.2, 0) is 19.1 Å². The molecule has 2 atom stereocenters. The second-order valence-corrected chi connectivity index (χ2v) is 8.64. The summed E-state index contributed by atoms with van der Waals surface area (Å²) in [6.45, 7) is 5.48. The molecule has 11 heteroatoms. The summed E-state index contributed by atoms with van der Waals surface area (Å²) in [6.07, 6.45) is 3.09. The number of anilines is 2. The maximum atomic E-state index is 15.0. The molecule has 4 rings (SSSR count). The van der Waals surface area contributed by atoms with Crippen LogP contribution in [0.2, 0.25) is 0 Å². The Morgan fingerprint density at radius 1 is 1.24 bits per heavy atom. The largest absolute Gasteiger partial charge is 0.494 e. The highest BCUT2D eigenvalue weighted by atomic mass is 19.1. The third-order valence-corrected chi connectivity index (χ3v) is 5.85. The lowest BCUT2D eigenvalue weighted by atomic mass is 10.0. The van der Waals surface area contributed by atoms with Crippen molar-refractivity contribution in [3.05, 3.63) is 36.1 Å². The standard InChI is InChI=1S/C22H28F2N4O5/c1-15(29)25-12-17-13-28(21(30)33-17)16-10-18(23)20(19(24)11-16)26-5-6-27(32-9-7-26)14-22(2)4-3-8-31-22/h3,8,10-11,17H,4-7,9,12-14H2,1-2H3,(H,25,29)/t17-,22?/m0/s1. The quantitative estimate of drug-likeness (QED) is 0.688. The van der Waals surface area contributed by atoms with Crippen LogP contribution in [0.5, 0.6) is 0 Å². The van der Waals surface area contributed by atoms with E-state index in [-0.39, 0.29) is 42.6 Å². The van der Waals surface area contributed by atoms with Crippen molar-refractivity contribution < 1.29 is 32.7 Å². The molecule has 0 aliphatic carbocycles. The van der Waals surface area contributed by atoms with Gasteiger partial charge in [-0.15, -0.1) is 0 Å². The van der Waals surface area contributed by atoms with Gasteiger partial charge in [0, 0.05) is 45.1 Å². The number of hydrogen-bond donors (Lipinski definition) is 1. The Balaban J connectivity index is 1.42. The van der Waals surface area contributed by atoms with E-state index in [0.717, 1.165) is 23.5 Å². The fourth-order valence-corrected chi connectivity index (χ4v) is 4.18. The molecule has 1 aromatic carbocycles. The topological polar surface area (TPSA) is 83.6 Å². The molecule has 3 aliphatic rings. The molecular formula is C22H28F2N4O5. The fourth-order valence-electron chi connectivity index (χ4n) is 4.18. The van der Waals surface area contributed by atoms with Crippen LogP contribution in [0.15, 0.2) is 24.5 Å². The lowest BCUT2D eigenvalue weighted by molar-refractivity contribution is -0.176. The summed E-state index contributed by atoms with van der Waals surface area (Å²) < 4.78 is 40.9. The molecule has 1 unspecified atom stereocenters. The number of cyclic esters (lactones) is 1. The number of rotatable bonds is 6. The second kappa shape index (κ2) is 9.52. The SMILES string of the molecule is CC(=O)NC[C@H]1CN(c2cc(F)c(N3CCON(CC4(C)CC=CO4)CC3)c(F)c2)C(=O)O1. The number of amides is 2. The van der Waals surface area contributed by atoms with E-state index in [2.05, 4.69) is 5.32 Å². The van der Waals surface area contributed by atoms with E-state index < -0.39 is 23.8 Å². The monoisotopic (exact) mass is 466 g/mol. The van der Waals surface area contributed by atoms with Crippen LogP contribution in [0.1, 0.15) is 20.3 Å². The van der Waals surface area contributed by atoms with Gasteiger partial charge in [0.15, 0.2) is 11.6 Å². The summed E-state index contributed by atoms with van der Waals surface area (Å²) in [5.41, 5.74) is -0.470. The van der Waals surface area contributed by atoms with E-state index in [4.69, 9.17) is 14.3 Å². The summed E-state index contributed by atoms with van der Waals surface area (Å²) in [6, 6.07) is 2.26. The number of hydroxylamine groups is 2. The Hall–Kier alpha value is -2.92. The van der Waals surface area contributed by atoms with Crippen molar-refractivity contribution in [1.82, 2.24) is 10.4 Å². The number of carbonyl (C=O) groups excluding carboxylic acids is 2. The Labute approximate surface area is 190 Å². The minimum atomic E-state index is -0.771. The highest BCUT2D eigenvalue weighted by molar-refractivity contribution is 5.90. The molecule has 9 nitrogen and oxygen atoms in total. The number of nitrogens with one attached hydrogen (secondary N) is 1. The molecule has 0 bridgehead atoms. The average Bonchev–Trinajstić information content (AvgIpc) is 3.26. The van der Waals surface area contributed by atoms with Crippen LogP contribution in [0, 0.1) is 11.6 Å². The fraction of sp³-hybridized carbons (Fsp3) is 0.545. The highest BCUT2D eigenvalue weighted by Crippen LogP contribution is 2.32. The van der Waals surface area contributed by atoms with Crippen LogP contribution in [-0.4, -0.2) is 74.6 Å². The van der Waals surface area contributed by atoms with Crippen molar-refractivity contribution in [2.75, 3.05) is 55.7 Å². The van der Waals surface area contributed by atoms with Gasteiger partial charge in [0.25, 0.3) is 0 Å². The Bertz CT molecular complexity index is 912. The summed E-state index contributed by atoms with van der Waals surface area (Å²) in [4.78, 5) is 31.8. The zero-order valence-electron chi connectivity index (χ0n) is 18.7. The molecular weight excluding hydrogens is 438 g/mol. The predicted molar refractivity (Wildman–Crippen MR) is 116 cm³/mol. The first-order chi connectivity index (χ1) is 15.7. The van der Waals surface area contributed by atoms with Gasteiger partial charge in [0.2, 0.25) is 5.91 Å². The third kappa shape index (κ3) is 5.36. The van der Waals surface area contributed by atoms with Gasteiger partial charge < -0.3 is 19.7 Å². The first kappa shape index (κ1) is 23.2. The Kier molecular flexibility index (Phi) is 6.71. The minimum absolute atomic E-state index is 0.0654. The Morgan fingerprint density at radius 3 is 2.67 bits per heavy atom. The van der Waals surface area contributed by atoms with Gasteiger partial charge in [-0.1, -0.05) is 0 Å². The van der Waals surface area contributed by atoms with Gasteiger partial charge in [0.1, 0.15) is 17.4 Å². The van der Waals surface area contributed by atoms with Gasteiger partial charge >= 0.3 is 6.09 Å². The summed E-state index contributed by atoms with van der Waals surface area (Å²) >= 11 is 0. The number of ether oxygens (including phenoxy) is 2. The first-order valence-electron chi connectivity index (χ1n) is 10.9. The normalized spacial score (nSPS) is 25.7. The highest BCUT2D eigenvalue weighted by Gasteiger charge is 2.35. The van der Waals surface area contributed by atoms with Crippen molar-refractivity contribution in [2.45, 2.75) is 32.0 Å². The number of carbonyl (C=O) groups is 2. The third-order valence-electron chi connectivity index (χ3n) is 5.85. The van der Waals surface area contributed by atoms with Crippen molar-refractivity contribution in [2.24, 2.45) is 0 Å². The molecule has 3 aliphatic heterocycles. The van der Waals surface area contributed by atoms with E-state index in [0.29, 0.717) is 26.2 Å². The van der Waals surface area contributed by atoms with Crippen molar-refractivity contribution >= 4 is 23.4 Å². The van der Waals surface area contributed by atoms with Crippen LogP contribution in [0.4, 0.5) is 25.0 Å². The zero-order valence-corrected chi connectivity index (χ0v) is 18.7. The van der Waals surface area contributed by atoms with Crippen LogP contribution >= 0.6 is 0 Å². The molecule has 3 heterocycles. The van der Waals surface area contributed by atoms with Crippen molar-refractivity contribution in [3.63, 3.8) is 0 Å². The summed E-state index contributed by atoms with van der Waals surface area (Å²) in [5, 5.41) is 4.33. The van der Waals surface area contributed by atoms with Gasteiger partial charge in [-0.3, -0.25) is 14.5 Å². The van der Waals surface area contributed by atoms with Gasteiger partial charge in [-0.05, 0) is 13.0 Å². The lowest BCUT2D eigenvalue weighted by Crippen LogP contribution is -2.41. The van der Waals surface area contributed by atoms with Crippen LogP contribution in [0.3, 0.4) is 0 Å². The number of halogens is 2. The van der Waals surface area contributed by atoms with E-state index >= 15 is 8.78 Å². The second-order valence-electron chi connectivity index (χ2n) is 8.64. The first-order valence-corrected chi connectivity index (χ1v) is 10.9. The predicted octanol–water partition coefficient (Wildman–Crippen LogP) is 2.17. The lowest BCUT2D eigenvalue weighted by Gasteiger charge is -2.30. The van der Waals surface area contributed by atoms with E-state index in [1.54, 1.807) is 16.2 Å². The van der Waals surface area contributed by atoms with Crippen LogP contribution in [0.25, 0.3) is 0 Å². The molecule has 0 radical (unpaired) electrons. The summed E-state index contributed by atoms with van der Waals surface area (Å²) in [7, 11) is 0. The van der Waals surface area contributed by atoms with Crippen molar-refractivity contribution in [1.29, 1.82) is 0 Å². The molecule has 180 valence electrons. The summed E-state index contributed by atoms with van der Waals surface area (Å²) in [5.74, 6) is -1.80. The molecule has 0 saturated carbocycles. The zero-order chi connectivity index (χ0) is 23.6. The maximum absolute atomic E-state index is 15.0. The maximum Gasteiger partial charge on any atom is 0.414 e. The Morgan fingerprint density at radius 2 is 2.00 bits per heavy atom. The van der Waals surface area contributed by atoms with Gasteiger partial charge in [0.05, 0.1) is 38.2 Å². The molecule has 1 N–H and O–H groups in total. The number of hydrogen-bond acceptors (Lipinski definition) is 7. The number of nitrogens with zero attached hydrogens (tertiary/aromatic N) is 3. The average molecular weight is 466 g/mol. The van der Waals surface area contributed by atoms with Gasteiger partial charge in [-0.25, -0.2) is 13.6 Å². The smallest absolute Gasteiger partial charge is 0.414 e. The van der Waals surface area contributed by atoms with Gasteiger partial charge in [-0.2, -0.15) is 5.06 Å².